The highest BCUT2D eigenvalue weighted by Gasteiger charge is 2.26. The van der Waals surface area contributed by atoms with Gasteiger partial charge in [-0.2, -0.15) is 5.10 Å². The number of aliphatic carboxylic acids is 1. The van der Waals surface area contributed by atoms with Gasteiger partial charge in [-0.1, -0.05) is 0 Å². The van der Waals surface area contributed by atoms with Gasteiger partial charge >= 0.3 is 5.97 Å². The maximum absolute atomic E-state index is 10.8. The van der Waals surface area contributed by atoms with Gasteiger partial charge < -0.3 is 9.84 Å². The summed E-state index contributed by atoms with van der Waals surface area (Å²) in [4.78, 5) is 17.0. The third-order valence-corrected chi connectivity index (χ3v) is 2.91. The lowest BCUT2D eigenvalue weighted by molar-refractivity contribution is -0.140. The standard InChI is InChI=1S/C10H16N4O3/c1-13-9(11-7-12-13)5-14-2-3-17-6-8(14)4-10(15)16/h7-8H,2-6H2,1H3,(H,15,16). The summed E-state index contributed by atoms with van der Waals surface area (Å²) in [5.74, 6) is 0.0331. The molecular formula is C10H16N4O3. The molecule has 2 heterocycles. The number of rotatable bonds is 4. The first-order valence-corrected chi connectivity index (χ1v) is 5.53. The molecule has 94 valence electrons. The van der Waals surface area contributed by atoms with Gasteiger partial charge in [0.15, 0.2) is 0 Å². The molecular weight excluding hydrogens is 224 g/mol. The van der Waals surface area contributed by atoms with E-state index in [4.69, 9.17) is 9.84 Å². The van der Waals surface area contributed by atoms with Crippen molar-refractivity contribution >= 4 is 5.97 Å². The Hall–Kier alpha value is -1.47. The van der Waals surface area contributed by atoms with Gasteiger partial charge in [-0.3, -0.25) is 14.4 Å². The molecule has 0 radical (unpaired) electrons. The zero-order chi connectivity index (χ0) is 12.3. The molecule has 1 unspecified atom stereocenters. The van der Waals surface area contributed by atoms with Crippen LogP contribution in [0.4, 0.5) is 0 Å². The molecule has 0 bridgehead atoms. The van der Waals surface area contributed by atoms with E-state index in [0.29, 0.717) is 19.8 Å². The van der Waals surface area contributed by atoms with Crippen molar-refractivity contribution in [3.63, 3.8) is 0 Å². The number of ether oxygens (including phenoxy) is 1. The fourth-order valence-electron chi connectivity index (χ4n) is 1.93. The third kappa shape index (κ3) is 3.01. The van der Waals surface area contributed by atoms with Crippen molar-refractivity contribution < 1.29 is 14.6 Å². The van der Waals surface area contributed by atoms with E-state index in [1.165, 1.54) is 6.33 Å². The Labute approximate surface area is 99.0 Å². The monoisotopic (exact) mass is 240 g/mol. The van der Waals surface area contributed by atoms with Gasteiger partial charge in [-0.25, -0.2) is 4.98 Å². The number of nitrogens with zero attached hydrogens (tertiary/aromatic N) is 4. The van der Waals surface area contributed by atoms with Crippen LogP contribution >= 0.6 is 0 Å². The largest absolute Gasteiger partial charge is 0.481 e. The van der Waals surface area contributed by atoms with E-state index in [9.17, 15) is 4.79 Å². The van der Waals surface area contributed by atoms with E-state index in [1.54, 1.807) is 4.68 Å². The number of hydrogen-bond acceptors (Lipinski definition) is 5. The summed E-state index contributed by atoms with van der Waals surface area (Å²) in [6.45, 7) is 2.43. The molecule has 1 N–H and O–H groups in total. The lowest BCUT2D eigenvalue weighted by atomic mass is 10.1. The summed E-state index contributed by atoms with van der Waals surface area (Å²) in [7, 11) is 1.83. The van der Waals surface area contributed by atoms with Crippen LogP contribution in [0.2, 0.25) is 0 Å². The van der Waals surface area contributed by atoms with Crippen LogP contribution in [0.1, 0.15) is 12.2 Å². The first-order valence-electron chi connectivity index (χ1n) is 5.53. The number of carboxylic acid groups (broad SMARTS) is 1. The molecule has 0 aliphatic carbocycles. The fourth-order valence-corrected chi connectivity index (χ4v) is 1.93. The highest BCUT2D eigenvalue weighted by atomic mass is 16.5. The molecule has 0 saturated carbocycles. The molecule has 0 spiro atoms. The van der Waals surface area contributed by atoms with E-state index in [-0.39, 0.29) is 12.5 Å². The smallest absolute Gasteiger partial charge is 0.305 e. The number of carboxylic acids is 1. The van der Waals surface area contributed by atoms with Crippen molar-refractivity contribution in [2.45, 2.75) is 19.0 Å². The van der Waals surface area contributed by atoms with Crippen molar-refractivity contribution in [2.75, 3.05) is 19.8 Å². The fraction of sp³-hybridized carbons (Fsp3) is 0.700. The Morgan fingerprint density at radius 3 is 3.18 bits per heavy atom. The van der Waals surface area contributed by atoms with Gasteiger partial charge in [-0.05, 0) is 0 Å². The lowest BCUT2D eigenvalue weighted by Crippen LogP contribution is -2.46. The summed E-state index contributed by atoms with van der Waals surface area (Å²) >= 11 is 0. The summed E-state index contributed by atoms with van der Waals surface area (Å²) in [5, 5.41) is 12.8. The van der Waals surface area contributed by atoms with Crippen LogP contribution in [-0.2, 0) is 23.1 Å². The summed E-state index contributed by atoms with van der Waals surface area (Å²) in [6, 6.07) is -0.0852. The van der Waals surface area contributed by atoms with Gasteiger partial charge in [0.1, 0.15) is 12.2 Å². The van der Waals surface area contributed by atoms with Gasteiger partial charge in [0.2, 0.25) is 0 Å². The average Bonchev–Trinajstić information content (AvgIpc) is 2.67. The van der Waals surface area contributed by atoms with Gasteiger partial charge in [0, 0.05) is 19.6 Å². The predicted molar refractivity (Wildman–Crippen MR) is 58.3 cm³/mol. The molecule has 1 aliphatic heterocycles. The normalized spacial score (nSPS) is 21.6. The van der Waals surface area contributed by atoms with Crippen LogP contribution < -0.4 is 0 Å². The van der Waals surface area contributed by atoms with Crippen LogP contribution in [-0.4, -0.2) is 56.5 Å². The molecule has 1 saturated heterocycles. The Kier molecular flexibility index (Phi) is 3.70. The quantitative estimate of drug-likeness (QED) is 0.763. The first kappa shape index (κ1) is 12.0. The van der Waals surface area contributed by atoms with Crippen LogP contribution in [0.5, 0.6) is 0 Å². The van der Waals surface area contributed by atoms with Crippen LogP contribution in [0, 0.1) is 0 Å². The van der Waals surface area contributed by atoms with Crippen molar-refractivity contribution in [3.8, 4) is 0 Å². The molecule has 0 aromatic carbocycles. The third-order valence-electron chi connectivity index (χ3n) is 2.91. The molecule has 1 aromatic rings. The molecule has 2 rings (SSSR count). The minimum Gasteiger partial charge on any atom is -0.481 e. The Morgan fingerprint density at radius 2 is 2.53 bits per heavy atom. The van der Waals surface area contributed by atoms with E-state index >= 15 is 0 Å². The highest BCUT2D eigenvalue weighted by molar-refractivity contribution is 5.67. The van der Waals surface area contributed by atoms with E-state index in [0.717, 1.165) is 12.4 Å². The van der Waals surface area contributed by atoms with Gasteiger partial charge in [-0.15, -0.1) is 0 Å². The van der Waals surface area contributed by atoms with E-state index in [2.05, 4.69) is 15.0 Å². The molecule has 0 amide bonds. The van der Waals surface area contributed by atoms with E-state index in [1.807, 2.05) is 7.05 Å². The van der Waals surface area contributed by atoms with Gasteiger partial charge in [0.25, 0.3) is 0 Å². The molecule has 7 heteroatoms. The minimum absolute atomic E-state index is 0.0852. The van der Waals surface area contributed by atoms with Crippen molar-refractivity contribution in [2.24, 2.45) is 7.05 Å². The SMILES string of the molecule is Cn1ncnc1CN1CCOCC1CC(=O)O. The van der Waals surface area contributed by atoms with Crippen LogP contribution in [0.3, 0.4) is 0 Å². The van der Waals surface area contributed by atoms with Crippen molar-refractivity contribution in [1.82, 2.24) is 19.7 Å². The van der Waals surface area contributed by atoms with E-state index < -0.39 is 5.97 Å². The summed E-state index contributed by atoms with van der Waals surface area (Å²) < 4.78 is 7.02. The molecule has 1 atom stereocenters. The Balaban J connectivity index is 2.01. The second kappa shape index (κ2) is 5.24. The molecule has 7 nitrogen and oxygen atoms in total. The number of carbonyl (C=O) groups is 1. The number of morpholine rings is 1. The number of aromatic nitrogens is 3. The molecule has 1 fully saturated rings. The number of aryl methyl sites for hydroxylation is 1. The molecule has 1 aliphatic rings. The molecule has 17 heavy (non-hydrogen) atoms. The highest BCUT2D eigenvalue weighted by Crippen LogP contribution is 2.13. The average molecular weight is 240 g/mol. The second-order valence-corrected chi connectivity index (χ2v) is 4.10. The summed E-state index contributed by atoms with van der Waals surface area (Å²) in [5.41, 5.74) is 0. The first-order chi connectivity index (χ1) is 8.16. The lowest BCUT2D eigenvalue weighted by Gasteiger charge is -2.34. The Morgan fingerprint density at radius 1 is 1.71 bits per heavy atom. The van der Waals surface area contributed by atoms with Gasteiger partial charge in [0.05, 0.1) is 26.2 Å². The second-order valence-electron chi connectivity index (χ2n) is 4.10. The van der Waals surface area contributed by atoms with Crippen LogP contribution in [0.15, 0.2) is 6.33 Å². The van der Waals surface area contributed by atoms with Crippen molar-refractivity contribution in [1.29, 1.82) is 0 Å². The maximum Gasteiger partial charge on any atom is 0.305 e. The number of hydrogen-bond donors (Lipinski definition) is 1. The molecule has 1 aromatic heterocycles. The summed E-state index contributed by atoms with van der Waals surface area (Å²) in [6.07, 6.45) is 1.60. The van der Waals surface area contributed by atoms with Crippen molar-refractivity contribution in [3.05, 3.63) is 12.2 Å². The topological polar surface area (TPSA) is 80.5 Å². The Bertz CT molecular complexity index is 393. The zero-order valence-electron chi connectivity index (χ0n) is 9.74. The minimum atomic E-state index is -0.802. The van der Waals surface area contributed by atoms with Crippen LogP contribution in [0.25, 0.3) is 0 Å². The zero-order valence-corrected chi connectivity index (χ0v) is 9.74. The maximum atomic E-state index is 10.8. The predicted octanol–water partition coefficient (Wildman–Crippen LogP) is -0.509.